The molecule has 0 aromatic heterocycles. The fourth-order valence-corrected chi connectivity index (χ4v) is 6.28. The molecule has 7 heteroatoms. The Morgan fingerprint density at radius 2 is 1.85 bits per heavy atom. The maximum atomic E-state index is 13.1. The molecule has 218 valence electrons. The number of hydrogen-bond acceptors (Lipinski definition) is 6. The first kappa shape index (κ1) is 31.0. The summed E-state index contributed by atoms with van der Waals surface area (Å²) in [6.07, 6.45) is 16.1. The largest absolute Gasteiger partial charge is 0.493 e. The van der Waals surface area contributed by atoms with Crippen molar-refractivity contribution in [1.29, 1.82) is 0 Å². The molecule has 1 amide bonds. The van der Waals surface area contributed by atoms with E-state index in [2.05, 4.69) is 25.1 Å². The Labute approximate surface area is 235 Å². The van der Waals surface area contributed by atoms with E-state index in [1.807, 2.05) is 23.1 Å². The molecule has 2 aliphatic rings. The number of rotatable bonds is 15. The van der Waals surface area contributed by atoms with Gasteiger partial charge in [0.15, 0.2) is 11.5 Å². The number of fused-ring (bicyclic) bond motifs is 1. The third-order valence-corrected chi connectivity index (χ3v) is 8.65. The van der Waals surface area contributed by atoms with Gasteiger partial charge in [-0.05, 0) is 74.6 Å². The number of hydrogen-bond donors (Lipinski definition) is 2. The van der Waals surface area contributed by atoms with Crippen molar-refractivity contribution in [2.75, 3.05) is 20.8 Å². The number of oxime groups is 1. The van der Waals surface area contributed by atoms with Crippen LogP contribution >= 0.6 is 0 Å². The van der Waals surface area contributed by atoms with Crippen LogP contribution in [0.3, 0.4) is 0 Å². The van der Waals surface area contributed by atoms with Crippen LogP contribution in [0, 0.1) is 11.8 Å². The summed E-state index contributed by atoms with van der Waals surface area (Å²) in [6, 6.07) is 4.08. The van der Waals surface area contributed by atoms with E-state index in [0.717, 1.165) is 101 Å². The molecule has 0 bridgehead atoms. The minimum absolute atomic E-state index is 0.0229. The van der Waals surface area contributed by atoms with E-state index >= 15 is 0 Å². The van der Waals surface area contributed by atoms with Crippen LogP contribution in [0.4, 0.5) is 0 Å². The average molecular weight is 543 g/mol. The van der Waals surface area contributed by atoms with E-state index in [4.69, 9.17) is 9.47 Å². The predicted molar refractivity (Wildman–Crippen MR) is 156 cm³/mol. The highest BCUT2D eigenvalue weighted by Crippen LogP contribution is 2.38. The van der Waals surface area contributed by atoms with Crippen LogP contribution in [0.25, 0.3) is 0 Å². The zero-order valence-electron chi connectivity index (χ0n) is 24.5. The van der Waals surface area contributed by atoms with Crippen molar-refractivity contribution in [3.05, 3.63) is 35.4 Å². The predicted octanol–water partition coefficient (Wildman–Crippen LogP) is 6.84. The third kappa shape index (κ3) is 8.47. The highest BCUT2D eigenvalue weighted by Gasteiger charge is 2.32. The normalized spacial score (nSPS) is 22.8. The summed E-state index contributed by atoms with van der Waals surface area (Å²) < 4.78 is 10.9. The van der Waals surface area contributed by atoms with Crippen molar-refractivity contribution in [2.45, 2.75) is 109 Å². The van der Waals surface area contributed by atoms with Gasteiger partial charge in [0.2, 0.25) is 5.91 Å². The van der Waals surface area contributed by atoms with Gasteiger partial charge in [0, 0.05) is 18.9 Å². The highest BCUT2D eigenvalue weighted by molar-refractivity contribution is 5.88. The SMILES string of the molecule is CCCCC[C@H](O)/C=C\[C@H]1CCC(=NO)[C@@H]1CCCCCCC(=O)N1CCc2cc(OC)c(OC)cc2[C@@H]1C. The lowest BCUT2D eigenvalue weighted by Crippen LogP contribution is -2.38. The number of aliphatic hydroxyl groups excluding tert-OH is 1. The van der Waals surface area contributed by atoms with Crippen LogP contribution in [-0.4, -0.2) is 53.7 Å². The van der Waals surface area contributed by atoms with Gasteiger partial charge in [0.25, 0.3) is 0 Å². The summed E-state index contributed by atoms with van der Waals surface area (Å²) in [7, 11) is 3.29. The van der Waals surface area contributed by atoms with Gasteiger partial charge >= 0.3 is 0 Å². The lowest BCUT2D eigenvalue weighted by molar-refractivity contribution is -0.133. The van der Waals surface area contributed by atoms with Crippen LogP contribution < -0.4 is 9.47 Å². The molecule has 1 aliphatic carbocycles. The number of methoxy groups -OCH3 is 2. The molecular weight excluding hydrogens is 492 g/mol. The van der Waals surface area contributed by atoms with Gasteiger partial charge < -0.3 is 24.7 Å². The first-order chi connectivity index (χ1) is 18.9. The number of amides is 1. The number of nitrogens with zero attached hydrogens (tertiary/aromatic N) is 2. The molecule has 39 heavy (non-hydrogen) atoms. The average Bonchev–Trinajstić information content (AvgIpc) is 3.34. The van der Waals surface area contributed by atoms with Crippen LogP contribution in [0.1, 0.15) is 108 Å². The highest BCUT2D eigenvalue weighted by atomic mass is 16.5. The summed E-state index contributed by atoms with van der Waals surface area (Å²) in [5.41, 5.74) is 3.26. The summed E-state index contributed by atoms with van der Waals surface area (Å²) in [6.45, 7) is 5.00. The minimum atomic E-state index is -0.384. The zero-order valence-corrected chi connectivity index (χ0v) is 24.5. The van der Waals surface area contributed by atoms with Gasteiger partial charge in [-0.3, -0.25) is 4.79 Å². The maximum absolute atomic E-state index is 13.1. The maximum Gasteiger partial charge on any atom is 0.223 e. The quantitative estimate of drug-likeness (QED) is 0.110. The molecule has 0 spiro atoms. The monoisotopic (exact) mass is 542 g/mol. The second-order valence-corrected chi connectivity index (χ2v) is 11.2. The number of allylic oxidation sites excluding steroid dienone is 1. The minimum Gasteiger partial charge on any atom is -0.493 e. The second kappa shape index (κ2) is 15.9. The molecule has 0 radical (unpaired) electrons. The Morgan fingerprint density at radius 3 is 2.56 bits per heavy atom. The number of aliphatic hydroxyl groups is 1. The molecule has 1 aromatic carbocycles. The summed E-state index contributed by atoms with van der Waals surface area (Å²) in [5.74, 6) is 2.24. The van der Waals surface area contributed by atoms with E-state index in [9.17, 15) is 15.1 Å². The van der Waals surface area contributed by atoms with Crippen LogP contribution in [-0.2, 0) is 11.2 Å². The van der Waals surface area contributed by atoms with E-state index in [-0.39, 0.29) is 24.0 Å². The van der Waals surface area contributed by atoms with Gasteiger partial charge in [-0.25, -0.2) is 0 Å². The van der Waals surface area contributed by atoms with Crippen molar-refractivity contribution in [1.82, 2.24) is 4.90 Å². The summed E-state index contributed by atoms with van der Waals surface area (Å²) in [5, 5.41) is 23.4. The molecule has 1 aliphatic heterocycles. The second-order valence-electron chi connectivity index (χ2n) is 11.2. The Bertz CT molecular complexity index is 976. The molecular formula is C32H50N2O5. The van der Waals surface area contributed by atoms with Gasteiger partial charge in [-0.1, -0.05) is 62.8 Å². The van der Waals surface area contributed by atoms with Crippen molar-refractivity contribution >= 4 is 11.6 Å². The fraction of sp³-hybridized carbons (Fsp3) is 0.688. The Balaban J connectivity index is 1.41. The lowest BCUT2D eigenvalue weighted by atomic mass is 9.89. The molecule has 7 nitrogen and oxygen atoms in total. The van der Waals surface area contributed by atoms with E-state index < -0.39 is 0 Å². The molecule has 1 saturated carbocycles. The fourth-order valence-electron chi connectivity index (χ4n) is 6.28. The van der Waals surface area contributed by atoms with Gasteiger partial charge in [-0.15, -0.1) is 0 Å². The Morgan fingerprint density at radius 1 is 1.10 bits per heavy atom. The molecule has 0 unspecified atom stereocenters. The van der Waals surface area contributed by atoms with Gasteiger partial charge in [0.05, 0.1) is 32.1 Å². The molecule has 1 heterocycles. The van der Waals surface area contributed by atoms with Gasteiger partial charge in [-0.2, -0.15) is 0 Å². The van der Waals surface area contributed by atoms with Crippen molar-refractivity contribution in [2.24, 2.45) is 17.0 Å². The third-order valence-electron chi connectivity index (χ3n) is 8.65. The summed E-state index contributed by atoms with van der Waals surface area (Å²) in [4.78, 5) is 15.1. The molecule has 3 rings (SSSR count). The van der Waals surface area contributed by atoms with Crippen molar-refractivity contribution in [3.63, 3.8) is 0 Å². The number of benzene rings is 1. The molecule has 1 aromatic rings. The smallest absolute Gasteiger partial charge is 0.223 e. The first-order valence-corrected chi connectivity index (χ1v) is 15.0. The molecule has 0 saturated heterocycles. The van der Waals surface area contributed by atoms with Crippen LogP contribution in [0.2, 0.25) is 0 Å². The van der Waals surface area contributed by atoms with Crippen molar-refractivity contribution in [3.8, 4) is 11.5 Å². The number of ether oxygens (including phenoxy) is 2. The summed E-state index contributed by atoms with van der Waals surface area (Å²) >= 11 is 0. The first-order valence-electron chi connectivity index (χ1n) is 15.0. The number of unbranched alkanes of at least 4 members (excludes halogenated alkanes) is 5. The Kier molecular flexibility index (Phi) is 12.6. The van der Waals surface area contributed by atoms with Gasteiger partial charge in [0.1, 0.15) is 0 Å². The lowest BCUT2D eigenvalue weighted by Gasteiger charge is -2.36. The van der Waals surface area contributed by atoms with Crippen molar-refractivity contribution < 1.29 is 24.6 Å². The van der Waals surface area contributed by atoms with E-state index in [0.29, 0.717) is 18.1 Å². The number of carbonyl (C=O) groups is 1. The molecule has 2 N–H and O–H groups in total. The molecule has 4 atom stereocenters. The van der Waals surface area contributed by atoms with E-state index in [1.165, 1.54) is 5.56 Å². The van der Waals surface area contributed by atoms with E-state index in [1.54, 1.807) is 14.2 Å². The number of carbonyl (C=O) groups excluding carboxylic acids is 1. The molecule has 1 fully saturated rings. The van der Waals surface area contributed by atoms with Crippen LogP contribution in [0.5, 0.6) is 11.5 Å². The van der Waals surface area contributed by atoms with Crippen LogP contribution in [0.15, 0.2) is 29.4 Å². The topological polar surface area (TPSA) is 91.6 Å². The standard InChI is InChI=1S/C32H50N2O5/c1-5-6-9-12-26(35)17-15-24-16-18-29(33-37)27(24)13-10-7-8-11-14-32(36)34-20-19-25-21-30(38-3)31(39-4)22-28(25)23(34)2/h15,17,21-24,26-27,35,37H,5-14,16,18-20H2,1-4H3/b17-15-,33-29?/t23-,24-,26-,27+/m0/s1. The zero-order chi connectivity index (χ0) is 28.2. The Hall–Kier alpha value is -2.54.